The largest absolute Gasteiger partial charge is 0.375 e. The molecule has 2 aromatic rings. The SMILES string of the molecule is C=C(C)COCCNC(=O)c1cc(C)nc2ccccc12. The van der Waals surface area contributed by atoms with Crippen LogP contribution in [0.1, 0.15) is 23.0 Å². The average molecular weight is 284 g/mol. The van der Waals surface area contributed by atoms with Crippen LogP contribution in [0.4, 0.5) is 0 Å². The van der Waals surface area contributed by atoms with Crippen molar-refractivity contribution in [3.8, 4) is 0 Å². The molecule has 110 valence electrons. The number of carbonyl (C=O) groups is 1. The van der Waals surface area contributed by atoms with Gasteiger partial charge in [-0.15, -0.1) is 0 Å². The molecule has 0 radical (unpaired) electrons. The van der Waals surface area contributed by atoms with Gasteiger partial charge in [0.15, 0.2) is 0 Å². The first kappa shape index (κ1) is 15.2. The molecular formula is C17H20N2O2. The first-order valence-electron chi connectivity index (χ1n) is 6.94. The second-order valence-corrected chi connectivity index (χ2v) is 5.09. The number of hydrogen-bond donors (Lipinski definition) is 1. The summed E-state index contributed by atoms with van der Waals surface area (Å²) in [5.41, 5.74) is 3.29. The molecule has 0 aliphatic rings. The van der Waals surface area contributed by atoms with Crippen molar-refractivity contribution < 1.29 is 9.53 Å². The van der Waals surface area contributed by atoms with Crippen LogP contribution >= 0.6 is 0 Å². The number of amides is 1. The highest BCUT2D eigenvalue weighted by atomic mass is 16.5. The van der Waals surface area contributed by atoms with E-state index in [2.05, 4.69) is 16.9 Å². The van der Waals surface area contributed by atoms with Crippen molar-refractivity contribution in [1.29, 1.82) is 0 Å². The Bertz CT molecular complexity index is 665. The third-order valence-electron chi connectivity index (χ3n) is 2.97. The van der Waals surface area contributed by atoms with Crippen LogP contribution in [0.15, 0.2) is 42.5 Å². The number of pyridine rings is 1. The predicted molar refractivity (Wildman–Crippen MR) is 84.4 cm³/mol. The fourth-order valence-electron chi connectivity index (χ4n) is 2.07. The molecule has 0 saturated heterocycles. The van der Waals surface area contributed by atoms with Crippen LogP contribution in [0.25, 0.3) is 10.9 Å². The Morgan fingerprint density at radius 2 is 2.14 bits per heavy atom. The molecule has 4 heteroatoms. The van der Waals surface area contributed by atoms with Gasteiger partial charge >= 0.3 is 0 Å². The van der Waals surface area contributed by atoms with E-state index >= 15 is 0 Å². The summed E-state index contributed by atoms with van der Waals surface area (Å²) in [4.78, 5) is 16.7. The van der Waals surface area contributed by atoms with Crippen molar-refractivity contribution in [2.24, 2.45) is 0 Å². The van der Waals surface area contributed by atoms with Crippen molar-refractivity contribution in [3.05, 3.63) is 53.7 Å². The minimum absolute atomic E-state index is 0.101. The van der Waals surface area contributed by atoms with Gasteiger partial charge in [0.1, 0.15) is 0 Å². The first-order chi connectivity index (χ1) is 10.1. The lowest BCUT2D eigenvalue weighted by atomic mass is 10.1. The van der Waals surface area contributed by atoms with Gasteiger partial charge in [0.2, 0.25) is 0 Å². The summed E-state index contributed by atoms with van der Waals surface area (Å²) in [7, 11) is 0. The van der Waals surface area contributed by atoms with Crippen molar-refractivity contribution in [2.75, 3.05) is 19.8 Å². The third kappa shape index (κ3) is 4.13. The van der Waals surface area contributed by atoms with Crippen LogP contribution in [-0.2, 0) is 4.74 Å². The Balaban J connectivity index is 2.04. The van der Waals surface area contributed by atoms with Gasteiger partial charge in [-0.25, -0.2) is 0 Å². The number of aromatic nitrogens is 1. The van der Waals surface area contributed by atoms with E-state index in [1.54, 1.807) is 0 Å². The molecular weight excluding hydrogens is 264 g/mol. The number of rotatable bonds is 6. The second kappa shape index (κ2) is 6.99. The van der Waals surface area contributed by atoms with E-state index in [1.807, 2.05) is 44.2 Å². The zero-order valence-electron chi connectivity index (χ0n) is 12.5. The monoisotopic (exact) mass is 284 g/mol. The van der Waals surface area contributed by atoms with Gasteiger partial charge in [-0.2, -0.15) is 0 Å². The number of aryl methyl sites for hydroxylation is 1. The van der Waals surface area contributed by atoms with Crippen molar-refractivity contribution in [3.63, 3.8) is 0 Å². The van der Waals surface area contributed by atoms with Gasteiger partial charge < -0.3 is 10.1 Å². The molecule has 0 unspecified atom stereocenters. The Morgan fingerprint density at radius 1 is 1.38 bits per heavy atom. The summed E-state index contributed by atoms with van der Waals surface area (Å²) >= 11 is 0. The van der Waals surface area contributed by atoms with Gasteiger partial charge in [-0.3, -0.25) is 9.78 Å². The van der Waals surface area contributed by atoms with Crippen LogP contribution in [0.3, 0.4) is 0 Å². The highest BCUT2D eigenvalue weighted by Gasteiger charge is 2.11. The van der Waals surface area contributed by atoms with Crippen LogP contribution in [0, 0.1) is 6.92 Å². The molecule has 0 aliphatic carbocycles. The van der Waals surface area contributed by atoms with E-state index in [4.69, 9.17) is 4.74 Å². The highest BCUT2D eigenvalue weighted by molar-refractivity contribution is 6.06. The number of nitrogens with zero attached hydrogens (tertiary/aromatic N) is 1. The lowest BCUT2D eigenvalue weighted by Gasteiger charge is -2.09. The summed E-state index contributed by atoms with van der Waals surface area (Å²) in [6, 6.07) is 9.46. The maximum Gasteiger partial charge on any atom is 0.252 e. The topological polar surface area (TPSA) is 51.2 Å². The van der Waals surface area contributed by atoms with Crippen LogP contribution in [-0.4, -0.2) is 30.6 Å². The smallest absolute Gasteiger partial charge is 0.252 e. The van der Waals surface area contributed by atoms with Crippen molar-refractivity contribution in [2.45, 2.75) is 13.8 Å². The Labute approximate surface area is 124 Å². The molecule has 2 rings (SSSR count). The Morgan fingerprint density at radius 3 is 2.90 bits per heavy atom. The van der Waals surface area contributed by atoms with Crippen LogP contribution in [0.5, 0.6) is 0 Å². The second-order valence-electron chi connectivity index (χ2n) is 5.09. The van der Waals surface area contributed by atoms with Crippen molar-refractivity contribution >= 4 is 16.8 Å². The first-order valence-corrected chi connectivity index (χ1v) is 6.94. The van der Waals surface area contributed by atoms with E-state index in [1.165, 1.54) is 0 Å². The number of nitrogens with one attached hydrogen (secondary N) is 1. The molecule has 0 atom stereocenters. The predicted octanol–water partition coefficient (Wildman–Crippen LogP) is 2.87. The summed E-state index contributed by atoms with van der Waals surface area (Å²) in [6.07, 6.45) is 0. The Kier molecular flexibility index (Phi) is 5.06. The van der Waals surface area contributed by atoms with Crippen LogP contribution in [0.2, 0.25) is 0 Å². The standard InChI is InChI=1S/C17H20N2O2/c1-12(2)11-21-9-8-18-17(20)15-10-13(3)19-16-7-5-4-6-14(15)16/h4-7,10H,1,8-9,11H2,2-3H3,(H,18,20). The summed E-state index contributed by atoms with van der Waals surface area (Å²) < 4.78 is 5.37. The molecule has 1 amide bonds. The lowest BCUT2D eigenvalue weighted by molar-refractivity contribution is 0.0928. The van der Waals surface area contributed by atoms with Gasteiger partial charge in [-0.05, 0) is 26.0 Å². The van der Waals surface area contributed by atoms with E-state index in [9.17, 15) is 4.79 Å². The summed E-state index contributed by atoms with van der Waals surface area (Å²) in [6.45, 7) is 9.02. The zero-order chi connectivity index (χ0) is 15.2. The van der Waals surface area contributed by atoms with E-state index < -0.39 is 0 Å². The molecule has 21 heavy (non-hydrogen) atoms. The van der Waals surface area contributed by atoms with E-state index in [0.717, 1.165) is 22.2 Å². The molecule has 0 saturated carbocycles. The number of fused-ring (bicyclic) bond motifs is 1. The molecule has 0 spiro atoms. The fraction of sp³-hybridized carbons (Fsp3) is 0.294. The van der Waals surface area contributed by atoms with Gasteiger partial charge in [0, 0.05) is 17.6 Å². The molecule has 1 aromatic carbocycles. The fourth-order valence-corrected chi connectivity index (χ4v) is 2.07. The van der Waals surface area contributed by atoms with Gasteiger partial charge in [0.05, 0.1) is 24.3 Å². The lowest BCUT2D eigenvalue weighted by Crippen LogP contribution is -2.27. The number of hydrogen-bond acceptors (Lipinski definition) is 3. The number of ether oxygens (including phenoxy) is 1. The average Bonchev–Trinajstić information content (AvgIpc) is 2.45. The molecule has 1 aromatic heterocycles. The maximum absolute atomic E-state index is 12.3. The van der Waals surface area contributed by atoms with Crippen molar-refractivity contribution in [1.82, 2.24) is 10.3 Å². The quantitative estimate of drug-likeness (QED) is 0.655. The normalized spacial score (nSPS) is 10.6. The summed E-state index contributed by atoms with van der Waals surface area (Å²) in [5, 5.41) is 3.73. The molecule has 0 aliphatic heterocycles. The number of para-hydroxylation sites is 1. The molecule has 1 heterocycles. The molecule has 1 N–H and O–H groups in total. The zero-order valence-corrected chi connectivity index (χ0v) is 12.5. The van der Waals surface area contributed by atoms with E-state index in [0.29, 0.717) is 25.3 Å². The van der Waals surface area contributed by atoms with E-state index in [-0.39, 0.29) is 5.91 Å². The highest BCUT2D eigenvalue weighted by Crippen LogP contribution is 2.17. The Hall–Kier alpha value is -2.20. The van der Waals surface area contributed by atoms with Gasteiger partial charge in [-0.1, -0.05) is 30.4 Å². The minimum atomic E-state index is -0.101. The maximum atomic E-state index is 12.3. The summed E-state index contributed by atoms with van der Waals surface area (Å²) in [5.74, 6) is -0.101. The van der Waals surface area contributed by atoms with Gasteiger partial charge in [0.25, 0.3) is 5.91 Å². The molecule has 0 fully saturated rings. The molecule has 4 nitrogen and oxygen atoms in total. The third-order valence-corrected chi connectivity index (χ3v) is 2.97. The molecule has 0 bridgehead atoms. The van der Waals surface area contributed by atoms with Crippen LogP contribution < -0.4 is 5.32 Å². The minimum Gasteiger partial charge on any atom is -0.375 e. The number of benzene rings is 1. The number of carbonyl (C=O) groups excluding carboxylic acids is 1.